The van der Waals surface area contributed by atoms with Gasteiger partial charge in [0.15, 0.2) is 0 Å². The summed E-state index contributed by atoms with van der Waals surface area (Å²) in [6.07, 6.45) is 3.09. The molecule has 0 saturated carbocycles. The molecule has 0 aromatic heterocycles. The monoisotopic (exact) mass is 281 g/mol. The molecule has 0 spiro atoms. The number of carbonyl (C=O) groups is 2. The van der Waals surface area contributed by atoms with Crippen molar-refractivity contribution >= 4 is 11.8 Å². The van der Waals surface area contributed by atoms with Gasteiger partial charge in [0.05, 0.1) is 0 Å². The third-order valence-electron chi connectivity index (χ3n) is 4.54. The Morgan fingerprint density at radius 2 is 2.05 bits per heavy atom. The lowest BCUT2D eigenvalue weighted by Crippen LogP contribution is -2.54. The van der Waals surface area contributed by atoms with Crippen LogP contribution in [0.2, 0.25) is 0 Å². The first-order valence-corrected chi connectivity index (χ1v) is 7.81. The maximum Gasteiger partial charge on any atom is 0.245 e. The van der Waals surface area contributed by atoms with Gasteiger partial charge in [-0.25, -0.2) is 0 Å². The molecule has 2 aliphatic heterocycles. The van der Waals surface area contributed by atoms with Crippen LogP contribution in [0, 0.1) is 5.92 Å². The summed E-state index contributed by atoms with van der Waals surface area (Å²) in [6.45, 7) is 6.88. The minimum Gasteiger partial charge on any atom is -0.344 e. The van der Waals surface area contributed by atoms with E-state index in [2.05, 4.69) is 24.2 Å². The largest absolute Gasteiger partial charge is 0.344 e. The van der Waals surface area contributed by atoms with Crippen molar-refractivity contribution in [3.05, 3.63) is 0 Å². The molecule has 20 heavy (non-hydrogen) atoms. The summed E-state index contributed by atoms with van der Waals surface area (Å²) in [5, 5.41) is 2.88. The Bertz CT molecular complexity index is 372. The van der Waals surface area contributed by atoms with Crippen molar-refractivity contribution in [3.63, 3.8) is 0 Å². The molecule has 5 heteroatoms. The van der Waals surface area contributed by atoms with E-state index in [4.69, 9.17) is 0 Å². The number of likely N-dealkylation sites (tertiary alicyclic amines) is 1. The van der Waals surface area contributed by atoms with Crippen molar-refractivity contribution in [1.82, 2.24) is 15.1 Å². The van der Waals surface area contributed by atoms with Gasteiger partial charge in [0.2, 0.25) is 11.8 Å². The molecule has 0 radical (unpaired) electrons. The zero-order chi connectivity index (χ0) is 14.7. The smallest absolute Gasteiger partial charge is 0.245 e. The SMILES string of the molecule is CCCC1NC(=O)CCN(C2CCN(C)CC2C)C1=O. The van der Waals surface area contributed by atoms with E-state index in [1.165, 1.54) is 0 Å². The van der Waals surface area contributed by atoms with Gasteiger partial charge >= 0.3 is 0 Å². The maximum atomic E-state index is 12.7. The first kappa shape index (κ1) is 15.3. The molecule has 2 amide bonds. The molecule has 3 atom stereocenters. The van der Waals surface area contributed by atoms with Crippen LogP contribution in [0.15, 0.2) is 0 Å². The highest BCUT2D eigenvalue weighted by Crippen LogP contribution is 2.24. The molecule has 5 nitrogen and oxygen atoms in total. The van der Waals surface area contributed by atoms with E-state index in [9.17, 15) is 9.59 Å². The molecule has 114 valence electrons. The fourth-order valence-electron chi connectivity index (χ4n) is 3.48. The lowest BCUT2D eigenvalue weighted by atomic mass is 9.92. The molecule has 0 bridgehead atoms. The van der Waals surface area contributed by atoms with E-state index in [0.717, 1.165) is 32.4 Å². The first-order valence-electron chi connectivity index (χ1n) is 7.81. The fraction of sp³-hybridized carbons (Fsp3) is 0.867. The zero-order valence-electron chi connectivity index (χ0n) is 12.9. The van der Waals surface area contributed by atoms with Crippen LogP contribution in [0.5, 0.6) is 0 Å². The van der Waals surface area contributed by atoms with E-state index in [-0.39, 0.29) is 23.9 Å². The van der Waals surface area contributed by atoms with Crippen LogP contribution in [0.1, 0.15) is 39.5 Å². The summed E-state index contributed by atoms with van der Waals surface area (Å²) in [4.78, 5) is 28.8. The Morgan fingerprint density at radius 1 is 1.30 bits per heavy atom. The average molecular weight is 281 g/mol. The second-order valence-corrected chi connectivity index (χ2v) is 6.29. The lowest BCUT2D eigenvalue weighted by Gasteiger charge is -2.41. The molecular formula is C15H27N3O2. The standard InChI is InChI=1S/C15H27N3O2/c1-4-5-12-15(20)18(9-7-14(19)16-12)13-6-8-17(3)10-11(13)2/h11-13H,4-10H2,1-3H3,(H,16,19). The minimum atomic E-state index is -0.318. The first-order chi connectivity index (χ1) is 9.52. The number of nitrogens with one attached hydrogen (secondary N) is 1. The van der Waals surface area contributed by atoms with E-state index in [0.29, 0.717) is 18.9 Å². The van der Waals surface area contributed by atoms with Crippen LogP contribution in [-0.2, 0) is 9.59 Å². The Balaban J connectivity index is 2.12. The quantitative estimate of drug-likeness (QED) is 0.834. The van der Waals surface area contributed by atoms with E-state index >= 15 is 0 Å². The van der Waals surface area contributed by atoms with Gasteiger partial charge in [0, 0.05) is 25.6 Å². The number of nitrogens with zero attached hydrogens (tertiary/aromatic N) is 2. The highest BCUT2D eigenvalue weighted by Gasteiger charge is 2.37. The van der Waals surface area contributed by atoms with Crippen LogP contribution >= 0.6 is 0 Å². The zero-order valence-corrected chi connectivity index (χ0v) is 12.9. The Morgan fingerprint density at radius 3 is 2.70 bits per heavy atom. The van der Waals surface area contributed by atoms with Crippen molar-refractivity contribution < 1.29 is 9.59 Å². The summed E-state index contributed by atoms with van der Waals surface area (Å²) in [7, 11) is 2.13. The summed E-state index contributed by atoms with van der Waals surface area (Å²) in [6, 6.07) is -0.0346. The van der Waals surface area contributed by atoms with Gasteiger partial charge in [-0.15, -0.1) is 0 Å². The number of hydrogen-bond donors (Lipinski definition) is 1. The third-order valence-corrected chi connectivity index (χ3v) is 4.54. The number of rotatable bonds is 3. The highest BCUT2D eigenvalue weighted by molar-refractivity contribution is 5.90. The Hall–Kier alpha value is -1.10. The van der Waals surface area contributed by atoms with Gasteiger partial charge in [0.25, 0.3) is 0 Å². The predicted molar refractivity (Wildman–Crippen MR) is 78.2 cm³/mol. The molecule has 0 aromatic rings. The van der Waals surface area contributed by atoms with Gasteiger partial charge in [-0.3, -0.25) is 9.59 Å². The van der Waals surface area contributed by atoms with Crippen LogP contribution < -0.4 is 5.32 Å². The molecule has 2 aliphatic rings. The predicted octanol–water partition coefficient (Wildman–Crippen LogP) is 0.844. The normalized spacial score (nSPS) is 33.0. The Kier molecular flexibility index (Phi) is 5.02. The van der Waals surface area contributed by atoms with Gasteiger partial charge in [-0.05, 0) is 32.4 Å². The third kappa shape index (κ3) is 3.32. The topological polar surface area (TPSA) is 52.7 Å². The molecule has 2 fully saturated rings. The van der Waals surface area contributed by atoms with Gasteiger partial charge < -0.3 is 15.1 Å². The maximum absolute atomic E-state index is 12.7. The second kappa shape index (κ2) is 6.57. The van der Waals surface area contributed by atoms with Crippen LogP contribution in [0.25, 0.3) is 0 Å². The molecule has 0 aliphatic carbocycles. The number of carbonyl (C=O) groups excluding carboxylic acids is 2. The van der Waals surface area contributed by atoms with Crippen LogP contribution in [-0.4, -0.2) is 60.4 Å². The summed E-state index contributed by atoms with van der Waals surface area (Å²) < 4.78 is 0. The van der Waals surface area contributed by atoms with E-state index < -0.39 is 0 Å². The van der Waals surface area contributed by atoms with Crippen molar-refractivity contribution in [2.75, 3.05) is 26.7 Å². The fourth-order valence-corrected chi connectivity index (χ4v) is 3.48. The highest BCUT2D eigenvalue weighted by atomic mass is 16.2. The number of amides is 2. The number of hydrogen-bond acceptors (Lipinski definition) is 3. The molecule has 1 N–H and O–H groups in total. The average Bonchev–Trinajstić information content (AvgIpc) is 2.52. The van der Waals surface area contributed by atoms with E-state index in [1.807, 2.05) is 11.8 Å². The van der Waals surface area contributed by atoms with Crippen LogP contribution in [0.3, 0.4) is 0 Å². The summed E-state index contributed by atoms with van der Waals surface area (Å²) in [5.74, 6) is 0.604. The number of piperidine rings is 1. The molecular weight excluding hydrogens is 254 g/mol. The van der Waals surface area contributed by atoms with Crippen molar-refractivity contribution in [2.45, 2.75) is 51.6 Å². The van der Waals surface area contributed by atoms with Gasteiger partial charge in [0.1, 0.15) is 6.04 Å². The van der Waals surface area contributed by atoms with Gasteiger partial charge in [-0.2, -0.15) is 0 Å². The summed E-state index contributed by atoms with van der Waals surface area (Å²) in [5.41, 5.74) is 0. The summed E-state index contributed by atoms with van der Waals surface area (Å²) >= 11 is 0. The molecule has 2 rings (SSSR count). The van der Waals surface area contributed by atoms with Crippen molar-refractivity contribution in [2.24, 2.45) is 5.92 Å². The Labute approximate surface area is 121 Å². The van der Waals surface area contributed by atoms with E-state index in [1.54, 1.807) is 0 Å². The minimum absolute atomic E-state index is 0.0138. The molecule has 2 heterocycles. The second-order valence-electron chi connectivity index (χ2n) is 6.29. The van der Waals surface area contributed by atoms with Crippen molar-refractivity contribution in [1.29, 1.82) is 0 Å². The molecule has 2 saturated heterocycles. The van der Waals surface area contributed by atoms with Gasteiger partial charge in [-0.1, -0.05) is 20.3 Å². The molecule has 0 aromatic carbocycles. The lowest BCUT2D eigenvalue weighted by molar-refractivity contribution is -0.137. The van der Waals surface area contributed by atoms with Crippen LogP contribution in [0.4, 0.5) is 0 Å². The van der Waals surface area contributed by atoms with Crippen molar-refractivity contribution in [3.8, 4) is 0 Å². The molecule has 3 unspecified atom stereocenters.